The van der Waals surface area contributed by atoms with Crippen LogP contribution in [0.2, 0.25) is 0 Å². The summed E-state index contributed by atoms with van der Waals surface area (Å²) in [5.74, 6) is -0.563. The van der Waals surface area contributed by atoms with Crippen LogP contribution in [0.25, 0.3) is 0 Å². The number of halogens is 1. The molecule has 138 valence electrons. The molecule has 2 amide bonds. The van der Waals surface area contributed by atoms with E-state index in [0.29, 0.717) is 30.8 Å². The lowest BCUT2D eigenvalue weighted by molar-refractivity contribution is -0.132. The maximum absolute atomic E-state index is 13.3. The number of aryl methyl sites for hydroxylation is 1. The predicted octanol–water partition coefficient (Wildman–Crippen LogP) is 2.12. The van der Waals surface area contributed by atoms with Gasteiger partial charge in [-0.3, -0.25) is 14.3 Å². The molecule has 1 fully saturated rings. The van der Waals surface area contributed by atoms with E-state index in [1.54, 1.807) is 36.3 Å². The van der Waals surface area contributed by atoms with Crippen LogP contribution >= 0.6 is 0 Å². The predicted molar refractivity (Wildman–Crippen MR) is 94.7 cm³/mol. The fraction of sp³-hybridized carbons (Fsp3) is 0.421. The van der Waals surface area contributed by atoms with E-state index in [1.165, 1.54) is 16.8 Å². The maximum Gasteiger partial charge on any atom is 0.272 e. The number of carbonyl (C=O) groups excluding carboxylic acids is 2. The minimum atomic E-state index is -0.667. The first-order valence-corrected chi connectivity index (χ1v) is 8.69. The SMILES string of the molecule is Cn1nccc1C(=O)N1CCC[C@@](C)(C(=O)NCc2cccc(F)c2)C1. The molecule has 26 heavy (non-hydrogen) atoms. The number of carbonyl (C=O) groups is 2. The third kappa shape index (κ3) is 3.76. The molecule has 7 heteroatoms. The van der Waals surface area contributed by atoms with E-state index in [1.807, 2.05) is 6.92 Å². The van der Waals surface area contributed by atoms with Crippen LogP contribution in [0.4, 0.5) is 4.39 Å². The zero-order valence-electron chi connectivity index (χ0n) is 15.0. The Bertz CT molecular complexity index is 819. The van der Waals surface area contributed by atoms with E-state index in [-0.39, 0.29) is 24.2 Å². The number of hydrogen-bond donors (Lipinski definition) is 1. The van der Waals surface area contributed by atoms with Crippen molar-refractivity contribution >= 4 is 11.8 Å². The summed E-state index contributed by atoms with van der Waals surface area (Å²) < 4.78 is 14.8. The van der Waals surface area contributed by atoms with Gasteiger partial charge in [-0.1, -0.05) is 12.1 Å². The van der Waals surface area contributed by atoms with Crippen LogP contribution in [-0.2, 0) is 18.4 Å². The van der Waals surface area contributed by atoms with Crippen LogP contribution in [0.3, 0.4) is 0 Å². The third-order valence-electron chi connectivity index (χ3n) is 4.91. The Kier molecular flexibility index (Phi) is 5.06. The second-order valence-corrected chi connectivity index (χ2v) is 7.04. The van der Waals surface area contributed by atoms with Crippen LogP contribution in [0.5, 0.6) is 0 Å². The lowest BCUT2D eigenvalue weighted by Gasteiger charge is -2.39. The molecule has 1 aromatic heterocycles. The molecule has 1 atom stereocenters. The minimum absolute atomic E-state index is 0.117. The van der Waals surface area contributed by atoms with E-state index < -0.39 is 5.41 Å². The van der Waals surface area contributed by atoms with E-state index in [4.69, 9.17) is 0 Å². The van der Waals surface area contributed by atoms with E-state index in [2.05, 4.69) is 10.4 Å². The van der Waals surface area contributed by atoms with Gasteiger partial charge in [-0.2, -0.15) is 5.10 Å². The van der Waals surface area contributed by atoms with Crippen molar-refractivity contribution in [3.63, 3.8) is 0 Å². The Balaban J connectivity index is 1.65. The summed E-state index contributed by atoms with van der Waals surface area (Å²) in [5.41, 5.74) is 0.551. The van der Waals surface area contributed by atoms with Crippen LogP contribution in [0.1, 0.15) is 35.8 Å². The molecule has 6 nitrogen and oxygen atoms in total. The van der Waals surface area contributed by atoms with Gasteiger partial charge in [0.2, 0.25) is 5.91 Å². The largest absolute Gasteiger partial charge is 0.351 e. The summed E-state index contributed by atoms with van der Waals surface area (Å²) in [6, 6.07) is 7.84. The molecule has 2 heterocycles. The van der Waals surface area contributed by atoms with Crippen molar-refractivity contribution in [1.29, 1.82) is 0 Å². The smallest absolute Gasteiger partial charge is 0.272 e. The molecule has 2 aromatic rings. The number of amides is 2. The highest BCUT2D eigenvalue weighted by molar-refractivity contribution is 5.93. The first-order chi connectivity index (χ1) is 12.4. The molecule has 1 saturated heterocycles. The lowest BCUT2D eigenvalue weighted by Crippen LogP contribution is -2.52. The number of rotatable bonds is 4. The van der Waals surface area contributed by atoms with Crippen molar-refractivity contribution < 1.29 is 14.0 Å². The highest BCUT2D eigenvalue weighted by atomic mass is 19.1. The van der Waals surface area contributed by atoms with E-state index in [9.17, 15) is 14.0 Å². The standard InChI is InChI=1S/C19H23FN4O2/c1-19(18(26)21-12-14-5-3-6-15(20)11-14)8-4-10-24(13-19)17(25)16-7-9-22-23(16)2/h3,5-7,9,11H,4,8,10,12-13H2,1-2H3,(H,21,26)/t19-/m1/s1. The first-order valence-electron chi connectivity index (χ1n) is 8.69. The molecule has 0 spiro atoms. The average molecular weight is 358 g/mol. The van der Waals surface area contributed by atoms with Crippen LogP contribution < -0.4 is 5.32 Å². The van der Waals surface area contributed by atoms with Gasteiger partial charge in [0, 0.05) is 32.9 Å². The lowest BCUT2D eigenvalue weighted by atomic mass is 9.80. The highest BCUT2D eigenvalue weighted by Crippen LogP contribution is 2.30. The Hall–Kier alpha value is -2.70. The molecule has 0 unspecified atom stereocenters. The first kappa shape index (κ1) is 18.1. The van der Waals surface area contributed by atoms with Gasteiger partial charge in [-0.15, -0.1) is 0 Å². The zero-order chi connectivity index (χ0) is 18.7. The van der Waals surface area contributed by atoms with E-state index >= 15 is 0 Å². The van der Waals surface area contributed by atoms with Gasteiger partial charge < -0.3 is 10.2 Å². The average Bonchev–Trinajstić information content (AvgIpc) is 3.05. The third-order valence-corrected chi connectivity index (χ3v) is 4.91. The topological polar surface area (TPSA) is 67.2 Å². The van der Waals surface area contributed by atoms with Crippen molar-refractivity contribution in [3.05, 3.63) is 53.6 Å². The van der Waals surface area contributed by atoms with Gasteiger partial charge in [-0.05, 0) is 43.5 Å². The number of hydrogen-bond acceptors (Lipinski definition) is 3. The summed E-state index contributed by atoms with van der Waals surface area (Å²) >= 11 is 0. The molecule has 1 N–H and O–H groups in total. The van der Waals surface area contributed by atoms with Crippen molar-refractivity contribution in [3.8, 4) is 0 Å². The maximum atomic E-state index is 13.3. The quantitative estimate of drug-likeness (QED) is 0.910. The van der Waals surface area contributed by atoms with Gasteiger partial charge in [0.25, 0.3) is 5.91 Å². The van der Waals surface area contributed by atoms with Gasteiger partial charge in [0.1, 0.15) is 11.5 Å². The highest BCUT2D eigenvalue weighted by Gasteiger charge is 2.39. The van der Waals surface area contributed by atoms with Crippen molar-refractivity contribution in [1.82, 2.24) is 20.0 Å². The molecule has 1 aromatic carbocycles. The molecule has 3 rings (SSSR count). The number of nitrogens with zero attached hydrogens (tertiary/aromatic N) is 3. The van der Waals surface area contributed by atoms with Crippen LogP contribution in [-0.4, -0.2) is 39.6 Å². The monoisotopic (exact) mass is 358 g/mol. The Morgan fingerprint density at radius 3 is 2.85 bits per heavy atom. The minimum Gasteiger partial charge on any atom is -0.351 e. The fourth-order valence-electron chi connectivity index (χ4n) is 3.39. The molecule has 0 aliphatic carbocycles. The molecule has 1 aliphatic heterocycles. The molecule has 0 bridgehead atoms. The number of benzene rings is 1. The van der Waals surface area contributed by atoms with Crippen molar-refractivity contribution in [2.75, 3.05) is 13.1 Å². The van der Waals surface area contributed by atoms with Crippen molar-refractivity contribution in [2.24, 2.45) is 12.5 Å². The van der Waals surface area contributed by atoms with E-state index in [0.717, 1.165) is 6.42 Å². The Morgan fingerprint density at radius 1 is 1.35 bits per heavy atom. The fourth-order valence-corrected chi connectivity index (χ4v) is 3.39. The summed E-state index contributed by atoms with van der Waals surface area (Å²) in [4.78, 5) is 27.2. The number of aromatic nitrogens is 2. The van der Waals surface area contributed by atoms with Gasteiger partial charge in [0.15, 0.2) is 0 Å². The summed E-state index contributed by atoms with van der Waals surface area (Å²) in [5, 5.41) is 6.91. The second kappa shape index (κ2) is 7.27. The number of nitrogens with one attached hydrogen (secondary N) is 1. The zero-order valence-corrected chi connectivity index (χ0v) is 15.0. The normalized spacial score (nSPS) is 20.0. The van der Waals surface area contributed by atoms with Crippen molar-refractivity contribution in [2.45, 2.75) is 26.3 Å². The molecule has 0 radical (unpaired) electrons. The Morgan fingerprint density at radius 2 is 2.15 bits per heavy atom. The molecule has 1 aliphatic rings. The van der Waals surface area contributed by atoms with Crippen LogP contribution in [0.15, 0.2) is 36.5 Å². The van der Waals surface area contributed by atoms with Gasteiger partial charge in [0.05, 0.1) is 5.41 Å². The number of piperidine rings is 1. The summed E-state index contributed by atoms with van der Waals surface area (Å²) in [7, 11) is 1.72. The molecular formula is C19H23FN4O2. The summed E-state index contributed by atoms with van der Waals surface area (Å²) in [6.45, 7) is 3.11. The second-order valence-electron chi connectivity index (χ2n) is 7.04. The molecule has 0 saturated carbocycles. The summed E-state index contributed by atoms with van der Waals surface area (Å²) in [6.07, 6.45) is 3.05. The van der Waals surface area contributed by atoms with Crippen LogP contribution in [0, 0.1) is 11.2 Å². The van der Waals surface area contributed by atoms with Gasteiger partial charge in [-0.25, -0.2) is 4.39 Å². The number of likely N-dealkylation sites (tertiary alicyclic amines) is 1. The Labute approximate surface area is 152 Å². The van der Waals surface area contributed by atoms with Gasteiger partial charge >= 0.3 is 0 Å². The molecular weight excluding hydrogens is 335 g/mol.